The van der Waals surface area contributed by atoms with Crippen molar-refractivity contribution in [2.45, 2.75) is 52.8 Å². The maximum Gasteiger partial charge on any atom is 0.242 e. The van der Waals surface area contributed by atoms with Crippen molar-refractivity contribution in [3.05, 3.63) is 76.9 Å². The largest absolute Gasteiger partial charge is 0.544 e. The highest BCUT2D eigenvalue weighted by atomic mass is 28.4. The predicted molar refractivity (Wildman–Crippen MR) is 108 cm³/mol. The predicted octanol–water partition coefficient (Wildman–Crippen LogP) is 6.69. The van der Waals surface area contributed by atoms with Crippen LogP contribution in [-0.2, 0) is 4.43 Å². The average Bonchev–Trinajstić information content (AvgIpc) is 2.52. The minimum atomic E-state index is -1.67. The van der Waals surface area contributed by atoms with E-state index >= 15 is 0 Å². The molecule has 0 spiro atoms. The van der Waals surface area contributed by atoms with Gasteiger partial charge in [0.2, 0.25) is 8.32 Å². The van der Waals surface area contributed by atoms with Crippen molar-refractivity contribution >= 4 is 14.1 Å². The summed E-state index contributed by atoms with van der Waals surface area (Å²) in [6, 6.07) is 17.5. The molecule has 2 aromatic carbocycles. The molecule has 0 aliphatic carbocycles. The first-order valence-corrected chi connectivity index (χ1v) is 12.2. The van der Waals surface area contributed by atoms with Gasteiger partial charge in [-0.05, 0) is 51.5 Å². The molecule has 0 aliphatic rings. The fourth-order valence-electron chi connectivity index (χ4n) is 2.68. The molecule has 2 aromatic rings. The number of allylic oxidation sites excluding steroid dienone is 1. The molecule has 0 bridgehead atoms. The highest BCUT2D eigenvalue weighted by molar-refractivity contribution is 6.70. The van der Waals surface area contributed by atoms with E-state index in [0.29, 0.717) is 5.92 Å². The summed E-state index contributed by atoms with van der Waals surface area (Å²) in [5.74, 6) is 1.40. The quantitative estimate of drug-likeness (QED) is 0.421. The van der Waals surface area contributed by atoms with Gasteiger partial charge in [0, 0.05) is 11.5 Å². The molecule has 128 valence electrons. The van der Waals surface area contributed by atoms with Crippen LogP contribution in [0.4, 0.5) is 0 Å². The van der Waals surface area contributed by atoms with Gasteiger partial charge in [0.1, 0.15) is 5.76 Å². The van der Waals surface area contributed by atoms with E-state index in [9.17, 15) is 0 Å². The van der Waals surface area contributed by atoms with Crippen molar-refractivity contribution in [2.75, 3.05) is 0 Å². The third-order valence-corrected chi connectivity index (χ3v) is 4.88. The van der Waals surface area contributed by atoms with Crippen LogP contribution in [0.2, 0.25) is 19.6 Å². The SMILES string of the molecule is CC[C@H](/C=C(\O[Si](C)(C)C)c1ccc(C)cc1)c1ccc(C)cc1. The Labute approximate surface area is 148 Å². The first kappa shape index (κ1) is 18.5. The Kier molecular flexibility index (Phi) is 6.06. The van der Waals surface area contributed by atoms with Gasteiger partial charge < -0.3 is 4.43 Å². The first-order chi connectivity index (χ1) is 11.3. The molecule has 0 unspecified atom stereocenters. The van der Waals surface area contributed by atoms with Gasteiger partial charge in [-0.2, -0.15) is 0 Å². The summed E-state index contributed by atoms with van der Waals surface area (Å²) in [7, 11) is -1.67. The van der Waals surface area contributed by atoms with E-state index in [1.54, 1.807) is 0 Å². The third kappa shape index (κ3) is 5.38. The molecule has 1 atom stereocenters. The maximum absolute atomic E-state index is 6.44. The van der Waals surface area contributed by atoms with E-state index in [4.69, 9.17) is 4.43 Å². The van der Waals surface area contributed by atoms with Crippen molar-refractivity contribution in [1.29, 1.82) is 0 Å². The lowest BCUT2D eigenvalue weighted by Gasteiger charge is -2.24. The van der Waals surface area contributed by atoms with E-state index in [1.165, 1.54) is 22.3 Å². The van der Waals surface area contributed by atoms with Crippen molar-refractivity contribution in [3.63, 3.8) is 0 Å². The Hall–Kier alpha value is -1.80. The number of hydrogen-bond acceptors (Lipinski definition) is 1. The molecular formula is C22H30OSi. The first-order valence-electron chi connectivity index (χ1n) is 8.83. The normalized spacial score (nSPS) is 13.7. The van der Waals surface area contributed by atoms with Crippen molar-refractivity contribution in [2.24, 2.45) is 0 Å². The summed E-state index contributed by atoms with van der Waals surface area (Å²) < 4.78 is 6.44. The molecule has 2 heteroatoms. The van der Waals surface area contributed by atoms with Crippen LogP contribution in [0.15, 0.2) is 54.6 Å². The van der Waals surface area contributed by atoms with Crippen LogP contribution in [-0.4, -0.2) is 8.32 Å². The van der Waals surface area contributed by atoms with Gasteiger partial charge in [-0.3, -0.25) is 0 Å². The zero-order chi connectivity index (χ0) is 17.7. The molecule has 2 rings (SSSR count). The molecular weight excluding hydrogens is 308 g/mol. The standard InChI is InChI=1S/C22H30OSi/c1-7-19(20-12-8-17(2)9-13-20)16-22(23-24(4,5)6)21-14-10-18(3)11-15-21/h8-16,19H,7H2,1-6H3/b22-16-/t19-/m1/s1. The minimum absolute atomic E-state index is 0.373. The fourth-order valence-corrected chi connectivity index (χ4v) is 3.53. The molecule has 24 heavy (non-hydrogen) atoms. The molecule has 0 fully saturated rings. The Morgan fingerprint density at radius 3 is 1.88 bits per heavy atom. The summed E-state index contributed by atoms with van der Waals surface area (Å²) in [5.41, 5.74) is 5.10. The maximum atomic E-state index is 6.44. The van der Waals surface area contributed by atoms with Gasteiger partial charge in [-0.1, -0.05) is 66.6 Å². The molecule has 0 N–H and O–H groups in total. The van der Waals surface area contributed by atoms with Crippen LogP contribution >= 0.6 is 0 Å². The third-order valence-electron chi connectivity index (χ3n) is 4.05. The van der Waals surface area contributed by atoms with Crippen molar-refractivity contribution in [3.8, 4) is 0 Å². The van der Waals surface area contributed by atoms with Crippen molar-refractivity contribution < 1.29 is 4.43 Å². The molecule has 0 aliphatic heterocycles. The van der Waals surface area contributed by atoms with Crippen LogP contribution < -0.4 is 0 Å². The number of hydrogen-bond donors (Lipinski definition) is 0. The van der Waals surface area contributed by atoms with Crippen LogP contribution in [0, 0.1) is 13.8 Å². The molecule has 1 nitrogen and oxygen atoms in total. The lowest BCUT2D eigenvalue weighted by atomic mass is 9.94. The van der Waals surface area contributed by atoms with Gasteiger partial charge in [0.05, 0.1) is 0 Å². The Morgan fingerprint density at radius 1 is 0.917 bits per heavy atom. The van der Waals surface area contributed by atoms with Gasteiger partial charge in [0.15, 0.2) is 0 Å². The van der Waals surface area contributed by atoms with Crippen LogP contribution in [0.5, 0.6) is 0 Å². The highest BCUT2D eigenvalue weighted by Crippen LogP contribution is 2.29. The number of rotatable bonds is 6. The second-order valence-corrected chi connectivity index (χ2v) is 12.0. The van der Waals surface area contributed by atoms with Gasteiger partial charge in [0.25, 0.3) is 0 Å². The number of benzene rings is 2. The summed E-state index contributed by atoms with van der Waals surface area (Å²) in [6.07, 6.45) is 3.38. The number of aryl methyl sites for hydroxylation is 2. The van der Waals surface area contributed by atoms with E-state index < -0.39 is 8.32 Å². The zero-order valence-electron chi connectivity index (χ0n) is 15.9. The van der Waals surface area contributed by atoms with E-state index in [1.807, 2.05) is 0 Å². The summed E-state index contributed by atoms with van der Waals surface area (Å²) in [6.45, 7) is 13.2. The highest BCUT2D eigenvalue weighted by Gasteiger charge is 2.20. The van der Waals surface area contributed by atoms with Gasteiger partial charge >= 0.3 is 0 Å². The van der Waals surface area contributed by atoms with Gasteiger partial charge in [-0.25, -0.2) is 0 Å². The molecule has 0 saturated heterocycles. The summed E-state index contributed by atoms with van der Waals surface area (Å²) >= 11 is 0. The zero-order valence-corrected chi connectivity index (χ0v) is 16.9. The fraction of sp³-hybridized carbons (Fsp3) is 0.364. The van der Waals surface area contributed by atoms with E-state index in [0.717, 1.165) is 12.2 Å². The van der Waals surface area contributed by atoms with Gasteiger partial charge in [-0.15, -0.1) is 0 Å². The summed E-state index contributed by atoms with van der Waals surface area (Å²) in [4.78, 5) is 0. The smallest absolute Gasteiger partial charge is 0.242 e. The lowest BCUT2D eigenvalue weighted by Crippen LogP contribution is -2.24. The Balaban J connectivity index is 2.41. The molecule has 0 saturated carbocycles. The van der Waals surface area contributed by atoms with E-state index in [-0.39, 0.29) is 0 Å². The van der Waals surface area contributed by atoms with Crippen LogP contribution in [0.25, 0.3) is 5.76 Å². The van der Waals surface area contributed by atoms with Crippen LogP contribution in [0.3, 0.4) is 0 Å². The molecule has 0 radical (unpaired) electrons. The summed E-state index contributed by atoms with van der Waals surface area (Å²) in [5, 5.41) is 0. The second-order valence-electron chi connectivity index (χ2n) is 7.54. The molecule has 0 aromatic heterocycles. The lowest BCUT2D eigenvalue weighted by molar-refractivity contribution is 0.510. The minimum Gasteiger partial charge on any atom is -0.544 e. The van der Waals surface area contributed by atoms with Crippen LogP contribution in [0.1, 0.15) is 41.5 Å². The monoisotopic (exact) mass is 338 g/mol. The molecule has 0 amide bonds. The van der Waals surface area contributed by atoms with E-state index in [2.05, 4.69) is 95.0 Å². The molecule has 0 heterocycles. The Bertz CT molecular complexity index is 675. The Morgan fingerprint density at radius 2 is 1.42 bits per heavy atom. The topological polar surface area (TPSA) is 9.23 Å². The average molecular weight is 339 g/mol. The second kappa shape index (κ2) is 7.85. The van der Waals surface area contributed by atoms with Crippen molar-refractivity contribution in [1.82, 2.24) is 0 Å².